The Labute approximate surface area is 206 Å². The summed E-state index contributed by atoms with van der Waals surface area (Å²) in [6.07, 6.45) is 8.49. The number of nitrogens with one attached hydrogen (secondary N) is 1. The van der Waals surface area contributed by atoms with Gasteiger partial charge in [0.25, 0.3) is 5.91 Å². The smallest absolute Gasteiger partial charge is 0.255 e. The van der Waals surface area contributed by atoms with Crippen molar-refractivity contribution >= 4 is 16.8 Å². The summed E-state index contributed by atoms with van der Waals surface area (Å²) in [5.41, 5.74) is 5.54. The predicted octanol–water partition coefficient (Wildman–Crippen LogP) is 6.07. The molecule has 2 aliphatic carbocycles. The van der Waals surface area contributed by atoms with E-state index in [4.69, 9.17) is 4.74 Å². The van der Waals surface area contributed by atoms with Crippen LogP contribution in [0.2, 0.25) is 0 Å². The molecular formula is C30H31N3O2. The second-order valence-corrected chi connectivity index (χ2v) is 10.5. The Morgan fingerprint density at radius 2 is 1.74 bits per heavy atom. The first-order valence-electron chi connectivity index (χ1n) is 12.5. The molecule has 0 radical (unpaired) electrons. The molecule has 2 saturated carbocycles. The minimum absolute atomic E-state index is 0.0447. The van der Waals surface area contributed by atoms with E-state index in [0.29, 0.717) is 23.4 Å². The summed E-state index contributed by atoms with van der Waals surface area (Å²) in [5.74, 6) is 1.33. The van der Waals surface area contributed by atoms with E-state index in [1.165, 1.54) is 29.5 Å². The lowest BCUT2D eigenvalue weighted by Crippen LogP contribution is -2.55. The molecule has 2 aliphatic rings. The van der Waals surface area contributed by atoms with Crippen LogP contribution in [0.5, 0.6) is 5.88 Å². The second-order valence-electron chi connectivity index (χ2n) is 10.5. The average Bonchev–Trinajstić information content (AvgIpc) is 3.26. The third-order valence-corrected chi connectivity index (χ3v) is 7.87. The highest BCUT2D eigenvalue weighted by molar-refractivity contribution is 6.07. The molecule has 0 aliphatic heterocycles. The number of aromatic nitrogens is 2. The van der Waals surface area contributed by atoms with E-state index >= 15 is 0 Å². The summed E-state index contributed by atoms with van der Waals surface area (Å²) < 4.78 is 7.63. The van der Waals surface area contributed by atoms with Gasteiger partial charge >= 0.3 is 0 Å². The number of amides is 1. The van der Waals surface area contributed by atoms with Gasteiger partial charge in [0.1, 0.15) is 0 Å². The van der Waals surface area contributed by atoms with E-state index in [9.17, 15) is 4.79 Å². The van der Waals surface area contributed by atoms with Crippen molar-refractivity contribution in [3.63, 3.8) is 0 Å². The van der Waals surface area contributed by atoms with Crippen LogP contribution in [0, 0.1) is 11.3 Å². The molecule has 0 saturated heterocycles. The van der Waals surface area contributed by atoms with Gasteiger partial charge in [-0.3, -0.25) is 4.79 Å². The monoisotopic (exact) mass is 465 g/mol. The van der Waals surface area contributed by atoms with Gasteiger partial charge in [-0.25, -0.2) is 4.98 Å². The Morgan fingerprint density at radius 1 is 1.03 bits per heavy atom. The van der Waals surface area contributed by atoms with Crippen LogP contribution in [-0.2, 0) is 6.54 Å². The van der Waals surface area contributed by atoms with Gasteiger partial charge in [-0.2, -0.15) is 0 Å². The highest BCUT2D eigenvalue weighted by Gasteiger charge is 2.51. The molecule has 178 valence electrons. The number of carbonyl (C=O) groups excluding carboxylic acids is 1. The van der Waals surface area contributed by atoms with Crippen molar-refractivity contribution in [2.75, 3.05) is 7.11 Å². The van der Waals surface area contributed by atoms with Gasteiger partial charge in [-0.1, -0.05) is 61.5 Å². The van der Waals surface area contributed by atoms with Crippen LogP contribution in [-0.4, -0.2) is 28.6 Å². The van der Waals surface area contributed by atoms with Crippen molar-refractivity contribution in [3.05, 3.63) is 84.2 Å². The Morgan fingerprint density at radius 3 is 2.43 bits per heavy atom. The quantitative estimate of drug-likeness (QED) is 0.376. The van der Waals surface area contributed by atoms with E-state index in [-0.39, 0.29) is 11.9 Å². The van der Waals surface area contributed by atoms with Crippen molar-refractivity contribution in [1.82, 2.24) is 14.9 Å². The highest BCUT2D eigenvalue weighted by atomic mass is 16.5. The summed E-state index contributed by atoms with van der Waals surface area (Å²) >= 11 is 0. The standard InChI is InChI=1S/C30H31N3O2/c1-20-14-30(15-20)16-24(17-30)32-28(34)26-18-31-29(35-2)25-12-13-33(27(25)26)19-21-8-10-23(11-9-21)22-6-4-3-5-7-22/h3-13,18,20,24H,14-17,19H2,1-2H3,(H,32,34). The normalized spacial score (nSPS) is 23.0. The second kappa shape index (κ2) is 8.56. The SMILES string of the molecule is COc1ncc(C(=O)NC2CC3(CC(C)C3)C2)c2c1ccn2Cc1ccc(-c2ccccc2)cc1. The number of fused-ring (bicyclic) bond motifs is 1. The van der Waals surface area contributed by atoms with Crippen molar-refractivity contribution in [2.45, 2.75) is 45.2 Å². The van der Waals surface area contributed by atoms with Crippen LogP contribution in [0.15, 0.2) is 73.1 Å². The fourth-order valence-corrected chi connectivity index (χ4v) is 6.39. The van der Waals surface area contributed by atoms with Crippen LogP contribution >= 0.6 is 0 Å². The van der Waals surface area contributed by atoms with Gasteiger partial charge in [0.15, 0.2) is 0 Å². The van der Waals surface area contributed by atoms with Crippen molar-refractivity contribution in [3.8, 4) is 17.0 Å². The van der Waals surface area contributed by atoms with Crippen molar-refractivity contribution in [1.29, 1.82) is 0 Å². The Hall–Kier alpha value is -3.60. The number of nitrogens with zero attached hydrogens (tertiary/aromatic N) is 2. The Bertz CT molecular complexity index is 1360. The van der Waals surface area contributed by atoms with Gasteiger partial charge in [-0.15, -0.1) is 0 Å². The van der Waals surface area contributed by atoms with Gasteiger partial charge in [0.2, 0.25) is 5.88 Å². The number of pyridine rings is 1. The van der Waals surface area contributed by atoms with Crippen molar-refractivity contribution < 1.29 is 9.53 Å². The molecule has 0 unspecified atom stereocenters. The molecule has 1 spiro atoms. The molecule has 2 heterocycles. The minimum atomic E-state index is -0.0447. The van der Waals surface area contributed by atoms with E-state index in [1.54, 1.807) is 13.3 Å². The van der Waals surface area contributed by atoms with Crippen LogP contribution in [0.1, 0.15) is 48.5 Å². The molecule has 0 atom stereocenters. The molecule has 1 amide bonds. The first-order valence-corrected chi connectivity index (χ1v) is 12.5. The van der Waals surface area contributed by atoms with E-state index < -0.39 is 0 Å². The lowest BCUT2D eigenvalue weighted by molar-refractivity contribution is -0.0399. The van der Waals surface area contributed by atoms with Crippen molar-refractivity contribution in [2.24, 2.45) is 11.3 Å². The minimum Gasteiger partial charge on any atom is -0.481 e. The fourth-order valence-electron chi connectivity index (χ4n) is 6.39. The maximum Gasteiger partial charge on any atom is 0.255 e. The number of hydrogen-bond acceptors (Lipinski definition) is 3. The van der Waals surface area contributed by atoms with Crippen LogP contribution in [0.25, 0.3) is 22.0 Å². The van der Waals surface area contributed by atoms with Gasteiger partial charge in [-0.05, 0) is 59.8 Å². The highest BCUT2D eigenvalue weighted by Crippen LogP contribution is 2.58. The summed E-state index contributed by atoms with van der Waals surface area (Å²) in [6.45, 7) is 2.98. The molecule has 4 aromatic rings. The summed E-state index contributed by atoms with van der Waals surface area (Å²) in [4.78, 5) is 17.8. The summed E-state index contributed by atoms with van der Waals surface area (Å²) in [6, 6.07) is 21.2. The predicted molar refractivity (Wildman–Crippen MR) is 139 cm³/mol. The zero-order valence-corrected chi connectivity index (χ0v) is 20.3. The molecule has 6 rings (SSSR count). The average molecular weight is 466 g/mol. The maximum absolute atomic E-state index is 13.3. The molecule has 2 fully saturated rings. The maximum atomic E-state index is 13.3. The Balaban J connectivity index is 1.25. The van der Waals surface area contributed by atoms with Crippen LogP contribution in [0.4, 0.5) is 0 Å². The molecule has 5 nitrogen and oxygen atoms in total. The van der Waals surface area contributed by atoms with Gasteiger partial charge in [0.05, 0.1) is 23.6 Å². The zero-order valence-electron chi connectivity index (χ0n) is 20.3. The lowest BCUT2D eigenvalue weighted by Gasteiger charge is -2.57. The number of methoxy groups -OCH3 is 1. The number of benzene rings is 2. The number of hydrogen-bond donors (Lipinski definition) is 1. The first kappa shape index (κ1) is 21.9. The van der Waals surface area contributed by atoms with E-state index in [1.807, 2.05) is 18.3 Å². The van der Waals surface area contributed by atoms with E-state index in [0.717, 1.165) is 29.7 Å². The van der Waals surface area contributed by atoms with Gasteiger partial charge < -0.3 is 14.6 Å². The molecular weight excluding hydrogens is 434 g/mol. The third kappa shape index (κ3) is 3.99. The molecule has 35 heavy (non-hydrogen) atoms. The van der Waals surface area contributed by atoms with E-state index in [2.05, 4.69) is 70.3 Å². The number of carbonyl (C=O) groups is 1. The molecule has 5 heteroatoms. The Kier molecular flexibility index (Phi) is 5.36. The fraction of sp³-hybridized carbons (Fsp3) is 0.333. The molecule has 1 N–H and O–H groups in total. The van der Waals surface area contributed by atoms with Gasteiger partial charge in [0, 0.05) is 25.0 Å². The topological polar surface area (TPSA) is 56.1 Å². The molecule has 2 aromatic carbocycles. The van der Waals surface area contributed by atoms with Crippen LogP contribution < -0.4 is 10.1 Å². The lowest BCUT2D eigenvalue weighted by atomic mass is 9.50. The molecule has 2 aromatic heterocycles. The molecule has 0 bridgehead atoms. The van der Waals surface area contributed by atoms with Crippen LogP contribution in [0.3, 0.4) is 0 Å². The summed E-state index contributed by atoms with van der Waals surface area (Å²) in [7, 11) is 1.62. The number of ether oxygens (including phenoxy) is 1. The largest absolute Gasteiger partial charge is 0.481 e. The summed E-state index contributed by atoms with van der Waals surface area (Å²) in [5, 5.41) is 4.13. The first-order chi connectivity index (χ1) is 17.0. The number of rotatable bonds is 6. The third-order valence-electron chi connectivity index (χ3n) is 7.87. The zero-order chi connectivity index (χ0) is 24.0.